The molecular formula is C17H26ClIN4O. The lowest BCUT2D eigenvalue weighted by Gasteiger charge is -2.20. The number of hydrogen-bond donors (Lipinski definition) is 2. The smallest absolute Gasteiger partial charge is 0.226 e. The van der Waals surface area contributed by atoms with Gasteiger partial charge in [-0.15, -0.1) is 24.0 Å². The number of aryl methyl sites for hydroxylation is 1. The Hall–Kier alpha value is -1.02. The van der Waals surface area contributed by atoms with Crippen LogP contribution in [0, 0.1) is 6.92 Å². The molecule has 24 heavy (non-hydrogen) atoms. The molecule has 1 aliphatic rings. The van der Waals surface area contributed by atoms with E-state index in [1.807, 2.05) is 25.1 Å². The summed E-state index contributed by atoms with van der Waals surface area (Å²) >= 11 is 6.13. The molecule has 134 valence electrons. The zero-order valence-corrected chi connectivity index (χ0v) is 17.4. The van der Waals surface area contributed by atoms with E-state index in [-0.39, 0.29) is 29.9 Å². The van der Waals surface area contributed by atoms with Gasteiger partial charge in [0.05, 0.1) is 17.3 Å². The summed E-state index contributed by atoms with van der Waals surface area (Å²) in [4.78, 5) is 18.8. The van der Waals surface area contributed by atoms with Crippen molar-refractivity contribution in [3.8, 4) is 0 Å². The second-order valence-electron chi connectivity index (χ2n) is 5.71. The van der Waals surface area contributed by atoms with Crippen molar-refractivity contribution in [2.75, 3.05) is 31.5 Å². The number of amides is 1. The molecule has 1 saturated heterocycles. The van der Waals surface area contributed by atoms with Crippen molar-refractivity contribution in [2.45, 2.75) is 33.1 Å². The molecule has 5 nitrogen and oxygen atoms in total. The molecule has 0 bridgehead atoms. The van der Waals surface area contributed by atoms with Gasteiger partial charge in [0, 0.05) is 26.1 Å². The van der Waals surface area contributed by atoms with E-state index in [4.69, 9.17) is 11.6 Å². The molecule has 1 aromatic carbocycles. The highest BCUT2D eigenvalue weighted by molar-refractivity contribution is 14.0. The molecule has 0 saturated carbocycles. The number of nitrogens with zero attached hydrogens (tertiary/aromatic N) is 2. The zero-order chi connectivity index (χ0) is 16.7. The van der Waals surface area contributed by atoms with E-state index in [1.165, 1.54) is 12.8 Å². The van der Waals surface area contributed by atoms with Gasteiger partial charge in [-0.2, -0.15) is 0 Å². The fourth-order valence-electron chi connectivity index (χ4n) is 2.55. The summed E-state index contributed by atoms with van der Waals surface area (Å²) in [5.74, 6) is 0.836. The van der Waals surface area contributed by atoms with Crippen molar-refractivity contribution in [3.63, 3.8) is 0 Å². The minimum atomic E-state index is -0.0724. The largest absolute Gasteiger partial charge is 0.357 e. The minimum Gasteiger partial charge on any atom is -0.357 e. The van der Waals surface area contributed by atoms with Crippen LogP contribution in [0.15, 0.2) is 23.2 Å². The maximum absolute atomic E-state index is 12.0. The van der Waals surface area contributed by atoms with Crippen molar-refractivity contribution in [3.05, 3.63) is 28.8 Å². The van der Waals surface area contributed by atoms with E-state index in [0.29, 0.717) is 23.7 Å². The molecule has 2 rings (SSSR count). The fraction of sp³-hybridized carbons (Fsp3) is 0.529. The molecule has 0 radical (unpaired) electrons. The topological polar surface area (TPSA) is 56.7 Å². The third-order valence-electron chi connectivity index (χ3n) is 3.74. The molecule has 1 aromatic rings. The number of benzene rings is 1. The lowest BCUT2D eigenvalue weighted by atomic mass is 10.2. The normalized spacial score (nSPS) is 14.3. The maximum Gasteiger partial charge on any atom is 0.226 e. The average molecular weight is 465 g/mol. The van der Waals surface area contributed by atoms with Crippen LogP contribution in [-0.4, -0.2) is 42.9 Å². The number of nitrogens with one attached hydrogen (secondary N) is 2. The minimum absolute atomic E-state index is 0. The Morgan fingerprint density at radius 1 is 1.33 bits per heavy atom. The predicted molar refractivity (Wildman–Crippen MR) is 112 cm³/mol. The lowest BCUT2D eigenvalue weighted by molar-refractivity contribution is -0.116. The van der Waals surface area contributed by atoms with E-state index >= 15 is 0 Å². The number of guanidine groups is 1. The maximum atomic E-state index is 12.0. The van der Waals surface area contributed by atoms with Crippen molar-refractivity contribution < 1.29 is 4.79 Å². The number of anilines is 1. The van der Waals surface area contributed by atoms with Crippen LogP contribution >= 0.6 is 35.6 Å². The Balaban J connectivity index is 0.00000288. The van der Waals surface area contributed by atoms with Crippen LogP contribution in [0.4, 0.5) is 5.69 Å². The standard InChI is InChI=1S/C17H25ClN4O.HI/c1-3-19-17(22-10-4-5-11-22)20-9-8-16(23)21-15-7-6-13(2)12-14(15)18;/h6-7,12H,3-5,8-11H2,1-2H3,(H,19,20)(H,21,23);1H. The zero-order valence-electron chi connectivity index (χ0n) is 14.3. The number of carbonyl (C=O) groups excluding carboxylic acids is 1. The molecule has 2 N–H and O–H groups in total. The molecule has 0 spiro atoms. The van der Waals surface area contributed by atoms with Crippen LogP contribution in [0.2, 0.25) is 5.02 Å². The number of carbonyl (C=O) groups is 1. The summed E-state index contributed by atoms with van der Waals surface area (Å²) in [6.45, 7) is 7.40. The first-order valence-electron chi connectivity index (χ1n) is 8.19. The van der Waals surface area contributed by atoms with Crippen molar-refractivity contribution >= 4 is 53.1 Å². The van der Waals surface area contributed by atoms with Gasteiger partial charge in [0.1, 0.15) is 0 Å². The van der Waals surface area contributed by atoms with E-state index in [1.54, 1.807) is 0 Å². The SMILES string of the molecule is CCNC(=NCCC(=O)Nc1ccc(C)cc1Cl)N1CCCC1.I. The van der Waals surface area contributed by atoms with Gasteiger partial charge in [0.2, 0.25) is 5.91 Å². The van der Waals surface area contributed by atoms with Crippen LogP contribution in [-0.2, 0) is 4.79 Å². The molecule has 0 aromatic heterocycles. The van der Waals surface area contributed by atoms with E-state index in [0.717, 1.165) is 31.2 Å². The van der Waals surface area contributed by atoms with Crippen molar-refractivity contribution in [2.24, 2.45) is 4.99 Å². The van der Waals surface area contributed by atoms with Crippen LogP contribution in [0.5, 0.6) is 0 Å². The lowest BCUT2D eigenvalue weighted by Crippen LogP contribution is -2.39. The first-order chi connectivity index (χ1) is 11.1. The van der Waals surface area contributed by atoms with Crippen LogP contribution in [0.1, 0.15) is 31.7 Å². The van der Waals surface area contributed by atoms with Crippen LogP contribution < -0.4 is 10.6 Å². The summed E-state index contributed by atoms with van der Waals surface area (Å²) in [7, 11) is 0. The Labute approximate surface area is 166 Å². The van der Waals surface area contributed by atoms with Gasteiger partial charge < -0.3 is 15.5 Å². The summed E-state index contributed by atoms with van der Waals surface area (Å²) in [5.41, 5.74) is 1.72. The predicted octanol–water partition coefficient (Wildman–Crippen LogP) is 3.66. The number of rotatable bonds is 5. The van der Waals surface area contributed by atoms with Gasteiger partial charge in [-0.3, -0.25) is 9.79 Å². The Kier molecular flexibility index (Phi) is 9.43. The quantitative estimate of drug-likeness (QED) is 0.397. The first-order valence-corrected chi connectivity index (χ1v) is 8.57. The van der Waals surface area contributed by atoms with E-state index in [9.17, 15) is 4.79 Å². The average Bonchev–Trinajstić information content (AvgIpc) is 3.03. The third kappa shape index (κ3) is 6.47. The van der Waals surface area contributed by atoms with Crippen molar-refractivity contribution in [1.29, 1.82) is 0 Å². The summed E-state index contributed by atoms with van der Waals surface area (Å²) in [6, 6.07) is 5.59. The number of likely N-dealkylation sites (tertiary alicyclic amines) is 1. The van der Waals surface area contributed by atoms with Gasteiger partial charge in [0.25, 0.3) is 0 Å². The van der Waals surface area contributed by atoms with Gasteiger partial charge in [0.15, 0.2) is 5.96 Å². The van der Waals surface area contributed by atoms with E-state index < -0.39 is 0 Å². The Morgan fingerprint density at radius 2 is 2.04 bits per heavy atom. The molecule has 0 unspecified atom stereocenters. The molecule has 0 atom stereocenters. The molecule has 1 fully saturated rings. The number of hydrogen-bond acceptors (Lipinski definition) is 2. The highest BCUT2D eigenvalue weighted by atomic mass is 127. The van der Waals surface area contributed by atoms with Crippen LogP contribution in [0.25, 0.3) is 0 Å². The number of halogens is 2. The van der Waals surface area contributed by atoms with Gasteiger partial charge >= 0.3 is 0 Å². The van der Waals surface area contributed by atoms with Gasteiger partial charge in [-0.1, -0.05) is 17.7 Å². The Morgan fingerprint density at radius 3 is 2.67 bits per heavy atom. The van der Waals surface area contributed by atoms with E-state index in [2.05, 4.69) is 27.4 Å². The summed E-state index contributed by atoms with van der Waals surface area (Å²) in [6.07, 6.45) is 2.75. The highest BCUT2D eigenvalue weighted by Gasteiger charge is 2.15. The summed E-state index contributed by atoms with van der Waals surface area (Å²) in [5, 5.41) is 6.69. The molecule has 1 aliphatic heterocycles. The first kappa shape index (κ1) is 21.0. The molecule has 0 aliphatic carbocycles. The van der Waals surface area contributed by atoms with Gasteiger partial charge in [-0.25, -0.2) is 0 Å². The summed E-state index contributed by atoms with van der Waals surface area (Å²) < 4.78 is 0. The van der Waals surface area contributed by atoms with Gasteiger partial charge in [-0.05, 0) is 44.4 Å². The fourth-order valence-corrected chi connectivity index (χ4v) is 2.83. The second kappa shape index (κ2) is 10.8. The highest BCUT2D eigenvalue weighted by Crippen LogP contribution is 2.22. The molecule has 1 amide bonds. The third-order valence-corrected chi connectivity index (χ3v) is 4.05. The van der Waals surface area contributed by atoms with Crippen LogP contribution in [0.3, 0.4) is 0 Å². The molecule has 1 heterocycles. The Bertz CT molecular complexity index is 574. The monoisotopic (exact) mass is 464 g/mol. The molecular weight excluding hydrogens is 439 g/mol. The second-order valence-corrected chi connectivity index (χ2v) is 6.12. The molecule has 7 heteroatoms. The number of aliphatic imine (C=N–C) groups is 1. The van der Waals surface area contributed by atoms with Crippen molar-refractivity contribution in [1.82, 2.24) is 10.2 Å².